The second kappa shape index (κ2) is 8.41. The van der Waals surface area contributed by atoms with E-state index in [0.29, 0.717) is 25.3 Å². The lowest BCUT2D eigenvalue weighted by molar-refractivity contribution is -0.146. The van der Waals surface area contributed by atoms with Crippen molar-refractivity contribution >= 4 is 11.9 Å². The maximum atomic E-state index is 11.8. The van der Waals surface area contributed by atoms with Crippen molar-refractivity contribution in [2.75, 3.05) is 6.61 Å². The third-order valence-corrected chi connectivity index (χ3v) is 6.10. The summed E-state index contributed by atoms with van der Waals surface area (Å²) >= 11 is 0. The van der Waals surface area contributed by atoms with E-state index in [1.165, 1.54) is 0 Å². The van der Waals surface area contributed by atoms with Gasteiger partial charge in [-0.1, -0.05) is 38.1 Å². The van der Waals surface area contributed by atoms with Gasteiger partial charge >= 0.3 is 5.97 Å². The fraction of sp³-hybridized carbons (Fsp3) is 0.375. The topological polar surface area (TPSA) is 90.7 Å². The summed E-state index contributed by atoms with van der Waals surface area (Å²) in [4.78, 5) is 32.9. The highest BCUT2D eigenvalue weighted by atomic mass is 16.7. The van der Waals surface area contributed by atoms with Gasteiger partial charge in [-0.05, 0) is 49.0 Å². The Hall–Kier alpha value is -3.35. The van der Waals surface area contributed by atoms with E-state index in [9.17, 15) is 9.59 Å². The molecule has 2 aliphatic rings. The number of aromatic nitrogens is 1. The van der Waals surface area contributed by atoms with Gasteiger partial charge in [0.05, 0.1) is 12.3 Å². The van der Waals surface area contributed by atoms with Crippen LogP contribution in [0.4, 0.5) is 0 Å². The average molecular weight is 422 g/mol. The number of carbonyl (C=O) groups is 2. The van der Waals surface area contributed by atoms with Gasteiger partial charge in [0.15, 0.2) is 0 Å². The first-order valence-electron chi connectivity index (χ1n) is 10.4. The molecule has 1 amide bonds. The summed E-state index contributed by atoms with van der Waals surface area (Å²) in [5.74, 6) is 0.593. The second-order valence-corrected chi connectivity index (χ2v) is 8.33. The molecule has 4 rings (SSSR count). The fourth-order valence-electron chi connectivity index (χ4n) is 3.86. The van der Waals surface area contributed by atoms with Crippen molar-refractivity contribution in [2.24, 2.45) is 17.3 Å². The number of carbonyl (C=O) groups excluding carboxylic acids is 2. The molecular weight excluding hydrogens is 396 g/mol. The summed E-state index contributed by atoms with van der Waals surface area (Å²) in [6.45, 7) is 6.47. The van der Waals surface area contributed by atoms with Crippen LogP contribution in [0.25, 0.3) is 11.5 Å². The van der Waals surface area contributed by atoms with E-state index in [1.54, 1.807) is 0 Å². The summed E-state index contributed by atoms with van der Waals surface area (Å²) in [5.41, 5.74) is 3.63. The van der Waals surface area contributed by atoms with Crippen molar-refractivity contribution in [3.8, 4) is 11.5 Å². The molecule has 1 saturated heterocycles. The minimum atomic E-state index is -0.776. The van der Waals surface area contributed by atoms with Gasteiger partial charge in [-0.25, -0.2) is 9.78 Å². The zero-order valence-corrected chi connectivity index (χ0v) is 17.9. The lowest BCUT2D eigenvalue weighted by atomic mass is 9.69. The molecule has 1 aromatic heterocycles. The SMILES string of the molecule is Cc1oc(-c2ccccc2)nc1CCOC1=CC(C)C(C)(CC2C(=O)NOC2=O)C=C1. The highest BCUT2D eigenvalue weighted by Crippen LogP contribution is 2.41. The number of oxazole rings is 1. The monoisotopic (exact) mass is 422 g/mol. The number of allylic oxidation sites excluding steroid dienone is 3. The number of aryl methyl sites for hydroxylation is 1. The van der Waals surface area contributed by atoms with Crippen molar-refractivity contribution in [1.82, 2.24) is 10.5 Å². The molecular formula is C24H26N2O5. The van der Waals surface area contributed by atoms with E-state index in [-0.39, 0.29) is 17.2 Å². The van der Waals surface area contributed by atoms with Gasteiger partial charge in [-0.2, -0.15) is 5.48 Å². The summed E-state index contributed by atoms with van der Waals surface area (Å²) in [7, 11) is 0. The number of amides is 1. The van der Waals surface area contributed by atoms with Crippen molar-refractivity contribution in [3.05, 3.63) is 65.8 Å². The zero-order valence-electron chi connectivity index (χ0n) is 17.9. The number of ether oxygens (including phenoxy) is 1. The Morgan fingerprint density at radius 1 is 1.23 bits per heavy atom. The van der Waals surface area contributed by atoms with Crippen molar-refractivity contribution in [3.63, 3.8) is 0 Å². The van der Waals surface area contributed by atoms with Gasteiger partial charge < -0.3 is 14.0 Å². The van der Waals surface area contributed by atoms with E-state index in [4.69, 9.17) is 9.15 Å². The van der Waals surface area contributed by atoms with Crippen LogP contribution in [0.2, 0.25) is 0 Å². The Bertz CT molecular complexity index is 1020. The Labute approximate surface area is 181 Å². The van der Waals surface area contributed by atoms with Crippen molar-refractivity contribution in [1.29, 1.82) is 0 Å². The first-order chi connectivity index (χ1) is 14.9. The number of benzene rings is 1. The number of hydrogen-bond acceptors (Lipinski definition) is 6. The van der Waals surface area contributed by atoms with Crippen LogP contribution < -0.4 is 5.48 Å². The molecule has 31 heavy (non-hydrogen) atoms. The van der Waals surface area contributed by atoms with Crippen LogP contribution in [0.15, 0.2) is 58.7 Å². The second-order valence-electron chi connectivity index (χ2n) is 8.33. The Morgan fingerprint density at radius 3 is 2.68 bits per heavy atom. The standard InChI is InChI=1S/C24H26N2O5/c1-15-13-18(9-11-24(15,3)14-19-21(27)26-31-23(19)28)29-12-10-20-16(2)30-22(25-20)17-7-5-4-6-8-17/h4-9,11,13,15,19H,10,12,14H2,1-3H3,(H,26,27). The molecule has 1 fully saturated rings. The fourth-order valence-corrected chi connectivity index (χ4v) is 3.86. The lowest BCUT2D eigenvalue weighted by Gasteiger charge is -2.34. The van der Waals surface area contributed by atoms with E-state index in [1.807, 2.05) is 62.4 Å². The van der Waals surface area contributed by atoms with Gasteiger partial charge in [0.25, 0.3) is 5.91 Å². The number of nitrogens with zero attached hydrogens (tertiary/aromatic N) is 1. The van der Waals surface area contributed by atoms with Gasteiger partial charge in [0.2, 0.25) is 5.89 Å². The molecule has 1 aromatic carbocycles. The first kappa shape index (κ1) is 20.9. The largest absolute Gasteiger partial charge is 0.494 e. The maximum absolute atomic E-state index is 11.8. The minimum absolute atomic E-state index is 0.0900. The molecule has 162 valence electrons. The molecule has 1 aliphatic heterocycles. The Morgan fingerprint density at radius 2 is 2.00 bits per heavy atom. The molecule has 0 saturated carbocycles. The van der Waals surface area contributed by atoms with Crippen LogP contribution in [-0.4, -0.2) is 23.5 Å². The first-order valence-corrected chi connectivity index (χ1v) is 10.4. The van der Waals surface area contributed by atoms with Gasteiger partial charge in [-0.3, -0.25) is 4.79 Å². The smallest absolute Gasteiger partial charge is 0.344 e. The third-order valence-electron chi connectivity index (χ3n) is 6.10. The molecule has 7 nitrogen and oxygen atoms in total. The summed E-state index contributed by atoms with van der Waals surface area (Å²) < 4.78 is 11.8. The molecule has 7 heteroatoms. The number of nitrogens with one attached hydrogen (secondary N) is 1. The Balaban J connectivity index is 1.34. The van der Waals surface area contributed by atoms with Crippen LogP contribution in [0.3, 0.4) is 0 Å². The molecule has 2 aromatic rings. The molecule has 3 unspecified atom stereocenters. The van der Waals surface area contributed by atoms with Gasteiger partial charge in [-0.15, -0.1) is 0 Å². The number of rotatable bonds is 7. The maximum Gasteiger partial charge on any atom is 0.344 e. The van der Waals surface area contributed by atoms with Crippen molar-refractivity contribution < 1.29 is 23.6 Å². The zero-order chi connectivity index (χ0) is 22.0. The van der Waals surface area contributed by atoms with E-state index in [2.05, 4.69) is 22.2 Å². The van der Waals surface area contributed by atoms with Crippen LogP contribution in [-0.2, 0) is 25.6 Å². The van der Waals surface area contributed by atoms with Crippen LogP contribution in [0.1, 0.15) is 31.7 Å². The normalized spacial score (nSPS) is 25.2. The third kappa shape index (κ3) is 4.40. The molecule has 0 radical (unpaired) electrons. The predicted molar refractivity (Wildman–Crippen MR) is 113 cm³/mol. The number of hydrogen-bond donors (Lipinski definition) is 1. The summed E-state index contributed by atoms with van der Waals surface area (Å²) in [6.07, 6.45) is 6.97. The van der Waals surface area contributed by atoms with E-state index >= 15 is 0 Å². The van der Waals surface area contributed by atoms with E-state index < -0.39 is 11.9 Å². The summed E-state index contributed by atoms with van der Waals surface area (Å²) in [5, 5.41) is 0. The average Bonchev–Trinajstić information content (AvgIpc) is 3.28. The van der Waals surface area contributed by atoms with Crippen LogP contribution >= 0.6 is 0 Å². The molecule has 1 aliphatic carbocycles. The molecule has 3 atom stereocenters. The van der Waals surface area contributed by atoms with Crippen LogP contribution in [0.5, 0.6) is 0 Å². The molecule has 0 bridgehead atoms. The highest BCUT2D eigenvalue weighted by molar-refractivity contribution is 6.01. The highest BCUT2D eigenvalue weighted by Gasteiger charge is 2.43. The summed E-state index contributed by atoms with van der Waals surface area (Å²) in [6, 6.07) is 9.81. The quantitative estimate of drug-likeness (QED) is 0.681. The number of hydroxylamine groups is 1. The molecule has 2 heterocycles. The van der Waals surface area contributed by atoms with E-state index in [0.717, 1.165) is 22.8 Å². The predicted octanol–water partition coefficient (Wildman–Crippen LogP) is 3.90. The molecule has 0 spiro atoms. The van der Waals surface area contributed by atoms with Crippen LogP contribution in [0, 0.1) is 24.2 Å². The molecule has 1 N–H and O–H groups in total. The van der Waals surface area contributed by atoms with Gasteiger partial charge in [0.1, 0.15) is 17.4 Å². The Kier molecular flexibility index (Phi) is 5.67. The van der Waals surface area contributed by atoms with Crippen molar-refractivity contribution in [2.45, 2.75) is 33.6 Å². The lowest BCUT2D eigenvalue weighted by Crippen LogP contribution is -2.32. The minimum Gasteiger partial charge on any atom is -0.494 e. The van der Waals surface area contributed by atoms with Gasteiger partial charge in [0, 0.05) is 12.0 Å².